The standard InChI is InChI=1S/C18H14ClIN2/c1-13-4-9-16(11-18(13)19)22-10-2-3-17(22)12-21-15-7-5-14(20)6-8-15/h2-12H,1H3. The van der Waals surface area contributed by atoms with E-state index in [1.54, 1.807) is 0 Å². The average Bonchev–Trinajstić information content (AvgIpc) is 2.98. The molecule has 0 unspecified atom stereocenters. The summed E-state index contributed by atoms with van der Waals surface area (Å²) in [7, 11) is 0. The molecule has 0 amide bonds. The summed E-state index contributed by atoms with van der Waals surface area (Å²) in [5, 5.41) is 0.770. The molecule has 1 aromatic heterocycles. The second kappa shape index (κ2) is 6.67. The number of aromatic nitrogens is 1. The molecule has 3 aromatic rings. The van der Waals surface area contributed by atoms with E-state index in [0.717, 1.165) is 27.7 Å². The first kappa shape index (κ1) is 15.3. The van der Waals surface area contributed by atoms with Gasteiger partial charge in [-0.25, -0.2) is 0 Å². The van der Waals surface area contributed by atoms with Gasteiger partial charge in [-0.1, -0.05) is 17.7 Å². The summed E-state index contributed by atoms with van der Waals surface area (Å²) in [6.45, 7) is 2.00. The van der Waals surface area contributed by atoms with Crippen molar-refractivity contribution in [1.29, 1.82) is 0 Å². The molecule has 2 aromatic carbocycles. The Morgan fingerprint density at radius 3 is 2.59 bits per heavy atom. The van der Waals surface area contributed by atoms with Crippen molar-refractivity contribution in [1.82, 2.24) is 4.57 Å². The van der Waals surface area contributed by atoms with Crippen molar-refractivity contribution in [3.63, 3.8) is 0 Å². The number of aryl methyl sites for hydroxylation is 1. The third kappa shape index (κ3) is 3.42. The highest BCUT2D eigenvalue weighted by Gasteiger charge is 2.03. The maximum absolute atomic E-state index is 6.22. The summed E-state index contributed by atoms with van der Waals surface area (Å²) in [5.41, 5.74) is 4.06. The highest BCUT2D eigenvalue weighted by Crippen LogP contribution is 2.21. The number of hydrogen-bond acceptors (Lipinski definition) is 1. The molecule has 0 N–H and O–H groups in total. The number of hydrogen-bond donors (Lipinski definition) is 0. The highest BCUT2D eigenvalue weighted by molar-refractivity contribution is 14.1. The molecule has 0 fully saturated rings. The first-order chi connectivity index (χ1) is 10.6. The van der Waals surface area contributed by atoms with Gasteiger partial charge >= 0.3 is 0 Å². The van der Waals surface area contributed by atoms with Gasteiger partial charge in [0, 0.05) is 20.5 Å². The predicted molar refractivity (Wildman–Crippen MR) is 102 cm³/mol. The number of rotatable bonds is 3. The zero-order chi connectivity index (χ0) is 15.5. The van der Waals surface area contributed by atoms with Crippen LogP contribution in [0, 0.1) is 10.5 Å². The minimum absolute atomic E-state index is 0.770. The quantitative estimate of drug-likeness (QED) is 0.377. The van der Waals surface area contributed by atoms with E-state index in [1.807, 2.05) is 67.9 Å². The Morgan fingerprint density at radius 1 is 1.09 bits per heavy atom. The molecule has 0 saturated heterocycles. The lowest BCUT2D eigenvalue weighted by molar-refractivity contribution is 1.06. The molecule has 1 heterocycles. The lowest BCUT2D eigenvalue weighted by Gasteiger charge is -2.08. The maximum atomic E-state index is 6.22. The van der Waals surface area contributed by atoms with E-state index >= 15 is 0 Å². The molecular weight excluding hydrogens is 407 g/mol. The van der Waals surface area contributed by atoms with E-state index in [0.29, 0.717) is 0 Å². The maximum Gasteiger partial charge on any atom is 0.0639 e. The van der Waals surface area contributed by atoms with Crippen LogP contribution in [0.5, 0.6) is 0 Å². The van der Waals surface area contributed by atoms with Crippen LogP contribution in [0.15, 0.2) is 65.8 Å². The summed E-state index contributed by atoms with van der Waals surface area (Å²) < 4.78 is 3.27. The normalized spacial score (nSPS) is 11.2. The molecule has 2 nitrogen and oxygen atoms in total. The average molecular weight is 421 g/mol. The Balaban J connectivity index is 1.91. The van der Waals surface area contributed by atoms with Gasteiger partial charge in [0.05, 0.1) is 17.6 Å². The molecule has 22 heavy (non-hydrogen) atoms. The van der Waals surface area contributed by atoms with Gasteiger partial charge in [-0.05, 0) is 83.6 Å². The topological polar surface area (TPSA) is 17.3 Å². The summed E-state index contributed by atoms with van der Waals surface area (Å²) >= 11 is 8.51. The van der Waals surface area contributed by atoms with Gasteiger partial charge in [-0.2, -0.15) is 0 Å². The zero-order valence-corrected chi connectivity index (χ0v) is 14.9. The monoisotopic (exact) mass is 420 g/mol. The molecule has 0 atom stereocenters. The Kier molecular flexibility index (Phi) is 4.64. The fourth-order valence-corrected chi connectivity index (χ4v) is 2.67. The van der Waals surface area contributed by atoms with Crippen LogP contribution in [0.4, 0.5) is 5.69 Å². The number of halogens is 2. The van der Waals surface area contributed by atoms with E-state index in [2.05, 4.69) is 38.2 Å². The number of benzene rings is 2. The van der Waals surface area contributed by atoms with E-state index in [-0.39, 0.29) is 0 Å². The fraction of sp³-hybridized carbons (Fsp3) is 0.0556. The van der Waals surface area contributed by atoms with E-state index < -0.39 is 0 Å². The van der Waals surface area contributed by atoms with Gasteiger partial charge in [-0.15, -0.1) is 0 Å². The molecule has 0 aliphatic heterocycles. The Morgan fingerprint density at radius 2 is 1.86 bits per heavy atom. The molecule has 0 spiro atoms. The first-order valence-electron chi connectivity index (χ1n) is 6.87. The van der Waals surface area contributed by atoms with E-state index in [4.69, 9.17) is 11.6 Å². The molecule has 4 heteroatoms. The van der Waals surface area contributed by atoms with Gasteiger partial charge in [0.1, 0.15) is 0 Å². The van der Waals surface area contributed by atoms with Crippen molar-refractivity contribution in [3.8, 4) is 5.69 Å². The molecule has 0 aliphatic rings. The molecule has 0 bridgehead atoms. The Hall–Kier alpha value is -1.59. The zero-order valence-electron chi connectivity index (χ0n) is 12.0. The summed E-state index contributed by atoms with van der Waals surface area (Å²) in [4.78, 5) is 4.53. The van der Waals surface area contributed by atoms with Crippen LogP contribution in [0.2, 0.25) is 5.02 Å². The molecule has 0 saturated carbocycles. The van der Waals surface area contributed by atoms with Gasteiger partial charge in [0.15, 0.2) is 0 Å². The summed E-state index contributed by atoms with van der Waals surface area (Å²) in [5.74, 6) is 0. The van der Waals surface area contributed by atoms with Gasteiger partial charge in [0.25, 0.3) is 0 Å². The third-order valence-corrected chi connectivity index (χ3v) is 4.51. The lowest BCUT2D eigenvalue weighted by Crippen LogP contribution is -1.98. The third-order valence-electron chi connectivity index (χ3n) is 3.39. The predicted octanol–water partition coefficient (Wildman–Crippen LogP) is 5.79. The lowest BCUT2D eigenvalue weighted by atomic mass is 10.2. The number of nitrogens with zero attached hydrogens (tertiary/aromatic N) is 2. The Bertz CT molecular complexity index is 819. The van der Waals surface area contributed by atoms with Crippen LogP contribution in [-0.4, -0.2) is 10.8 Å². The van der Waals surface area contributed by atoms with Crippen LogP contribution < -0.4 is 0 Å². The second-order valence-electron chi connectivity index (χ2n) is 4.97. The summed E-state index contributed by atoms with van der Waals surface area (Å²) in [6, 6.07) is 18.2. The molecule has 110 valence electrons. The molecule has 0 radical (unpaired) electrons. The molecule has 0 aliphatic carbocycles. The van der Waals surface area contributed by atoms with Crippen molar-refractivity contribution in [2.24, 2.45) is 4.99 Å². The van der Waals surface area contributed by atoms with Crippen LogP contribution >= 0.6 is 34.2 Å². The largest absolute Gasteiger partial charge is 0.316 e. The van der Waals surface area contributed by atoms with Crippen molar-refractivity contribution in [3.05, 3.63) is 80.6 Å². The Labute approximate surface area is 148 Å². The van der Waals surface area contributed by atoms with Crippen LogP contribution in [0.3, 0.4) is 0 Å². The fourth-order valence-electron chi connectivity index (χ4n) is 2.13. The van der Waals surface area contributed by atoms with E-state index in [9.17, 15) is 0 Å². The van der Waals surface area contributed by atoms with Crippen molar-refractivity contribution < 1.29 is 0 Å². The number of aliphatic imine (C=N–C) groups is 1. The first-order valence-corrected chi connectivity index (χ1v) is 8.33. The van der Waals surface area contributed by atoms with Crippen LogP contribution in [0.1, 0.15) is 11.3 Å². The van der Waals surface area contributed by atoms with Crippen molar-refractivity contribution >= 4 is 46.1 Å². The smallest absolute Gasteiger partial charge is 0.0639 e. The minimum Gasteiger partial charge on any atom is -0.316 e. The molecule has 3 rings (SSSR count). The van der Waals surface area contributed by atoms with Gasteiger partial charge in [-0.3, -0.25) is 4.99 Å². The van der Waals surface area contributed by atoms with Crippen LogP contribution in [0.25, 0.3) is 5.69 Å². The second-order valence-corrected chi connectivity index (χ2v) is 6.62. The highest BCUT2D eigenvalue weighted by atomic mass is 127. The van der Waals surface area contributed by atoms with Crippen molar-refractivity contribution in [2.45, 2.75) is 6.92 Å². The van der Waals surface area contributed by atoms with Crippen LogP contribution in [-0.2, 0) is 0 Å². The SMILES string of the molecule is Cc1ccc(-n2cccc2C=Nc2ccc(I)cc2)cc1Cl. The molecular formula is C18H14ClIN2. The van der Waals surface area contributed by atoms with Crippen molar-refractivity contribution in [2.75, 3.05) is 0 Å². The summed E-state index contributed by atoms with van der Waals surface area (Å²) in [6.07, 6.45) is 3.88. The van der Waals surface area contributed by atoms with Gasteiger partial charge < -0.3 is 4.57 Å². The van der Waals surface area contributed by atoms with E-state index in [1.165, 1.54) is 3.57 Å². The minimum atomic E-state index is 0.770. The van der Waals surface area contributed by atoms with Gasteiger partial charge in [0.2, 0.25) is 0 Å².